The van der Waals surface area contributed by atoms with Gasteiger partial charge in [-0.3, -0.25) is 4.79 Å². The molecule has 0 radical (unpaired) electrons. The molecule has 1 spiro atoms. The monoisotopic (exact) mass is 374 g/mol. The number of hydrogen-bond donors (Lipinski definition) is 1. The van der Waals surface area contributed by atoms with Crippen molar-refractivity contribution < 1.29 is 14.3 Å². The summed E-state index contributed by atoms with van der Waals surface area (Å²) in [4.78, 5) is 14.4. The van der Waals surface area contributed by atoms with Crippen molar-refractivity contribution in [1.29, 1.82) is 0 Å². The third kappa shape index (κ3) is 3.65. The number of nitrogens with one attached hydrogen (secondary N) is 1. The number of carbonyl (C=O) groups excluding carboxylic acids is 1. The summed E-state index contributed by atoms with van der Waals surface area (Å²) in [6.07, 6.45) is 1.60. The van der Waals surface area contributed by atoms with Crippen LogP contribution in [-0.4, -0.2) is 48.2 Å². The Kier molecular flexibility index (Phi) is 4.76. The molecule has 0 saturated carbocycles. The standard InChI is InChI=1S/C18H19ClN4O3/c19-13-1-3-14(4-2-13)20-17(24)15-5-6-16(22-21-15)23-9-7-18(8-10-23)25-11-12-26-18/h1-6H,7-12H2,(H,20,24). The molecule has 2 aromatic rings. The zero-order chi connectivity index (χ0) is 18.0. The van der Waals surface area contributed by atoms with Crippen LogP contribution >= 0.6 is 11.6 Å². The van der Waals surface area contributed by atoms with E-state index >= 15 is 0 Å². The van der Waals surface area contributed by atoms with E-state index < -0.39 is 5.79 Å². The van der Waals surface area contributed by atoms with Gasteiger partial charge < -0.3 is 19.7 Å². The number of rotatable bonds is 3. The van der Waals surface area contributed by atoms with Crippen LogP contribution in [0.1, 0.15) is 23.3 Å². The molecule has 0 aliphatic carbocycles. The maximum absolute atomic E-state index is 12.3. The fraction of sp³-hybridized carbons (Fsp3) is 0.389. The summed E-state index contributed by atoms with van der Waals surface area (Å²) in [5.74, 6) is 0.0279. The smallest absolute Gasteiger partial charge is 0.276 e. The fourth-order valence-corrected chi connectivity index (χ4v) is 3.33. The van der Waals surface area contributed by atoms with E-state index in [4.69, 9.17) is 21.1 Å². The normalized spacial score (nSPS) is 18.9. The second-order valence-corrected chi connectivity index (χ2v) is 6.77. The van der Waals surface area contributed by atoms with E-state index in [1.54, 1.807) is 30.3 Å². The topological polar surface area (TPSA) is 76.6 Å². The van der Waals surface area contributed by atoms with Gasteiger partial charge in [0.25, 0.3) is 5.91 Å². The van der Waals surface area contributed by atoms with Gasteiger partial charge in [0.15, 0.2) is 17.3 Å². The average Bonchev–Trinajstić information content (AvgIpc) is 3.12. The number of hydrogen-bond acceptors (Lipinski definition) is 6. The molecule has 2 aliphatic rings. The van der Waals surface area contributed by atoms with Gasteiger partial charge in [-0.2, -0.15) is 0 Å². The van der Waals surface area contributed by atoms with Crippen LogP contribution in [0.25, 0.3) is 0 Å². The number of amides is 1. The molecule has 2 saturated heterocycles. The maximum Gasteiger partial charge on any atom is 0.276 e. The van der Waals surface area contributed by atoms with Crippen LogP contribution in [0.4, 0.5) is 11.5 Å². The van der Waals surface area contributed by atoms with Crippen molar-refractivity contribution in [3.05, 3.63) is 47.1 Å². The molecule has 0 atom stereocenters. The zero-order valence-corrected chi connectivity index (χ0v) is 14.9. The van der Waals surface area contributed by atoms with Gasteiger partial charge in [0.2, 0.25) is 0 Å². The van der Waals surface area contributed by atoms with E-state index in [1.165, 1.54) is 0 Å². The molecule has 2 aliphatic heterocycles. The first-order chi connectivity index (χ1) is 12.6. The lowest BCUT2D eigenvalue weighted by Crippen LogP contribution is -2.45. The fourth-order valence-electron chi connectivity index (χ4n) is 3.21. The second-order valence-electron chi connectivity index (χ2n) is 6.33. The van der Waals surface area contributed by atoms with E-state index in [2.05, 4.69) is 20.4 Å². The molecule has 7 nitrogen and oxygen atoms in total. The van der Waals surface area contributed by atoms with Gasteiger partial charge >= 0.3 is 0 Å². The molecule has 26 heavy (non-hydrogen) atoms. The Bertz CT molecular complexity index is 766. The van der Waals surface area contributed by atoms with Gasteiger partial charge in [-0.1, -0.05) is 11.6 Å². The lowest BCUT2D eigenvalue weighted by Gasteiger charge is -2.37. The van der Waals surface area contributed by atoms with E-state index in [0.29, 0.717) is 23.9 Å². The zero-order valence-electron chi connectivity index (χ0n) is 14.2. The number of halogens is 1. The first-order valence-electron chi connectivity index (χ1n) is 8.57. The highest BCUT2D eigenvalue weighted by molar-refractivity contribution is 6.30. The highest BCUT2D eigenvalue weighted by Crippen LogP contribution is 2.32. The van der Waals surface area contributed by atoms with Crippen LogP contribution in [0.3, 0.4) is 0 Å². The Hall–Kier alpha value is -2.22. The number of ether oxygens (including phenoxy) is 2. The molecule has 1 aromatic heterocycles. The molecular weight excluding hydrogens is 356 g/mol. The summed E-state index contributed by atoms with van der Waals surface area (Å²) < 4.78 is 11.5. The van der Waals surface area contributed by atoms with Gasteiger partial charge in [-0.15, -0.1) is 10.2 Å². The predicted octanol–water partition coefficient (Wildman–Crippen LogP) is 2.73. The van der Waals surface area contributed by atoms with Crippen LogP contribution in [0.2, 0.25) is 5.02 Å². The second kappa shape index (κ2) is 7.19. The summed E-state index contributed by atoms with van der Waals surface area (Å²) >= 11 is 5.84. The molecule has 8 heteroatoms. The lowest BCUT2D eigenvalue weighted by molar-refractivity contribution is -0.169. The Labute approximate surface area is 156 Å². The van der Waals surface area contributed by atoms with Crippen molar-refractivity contribution >= 4 is 29.0 Å². The minimum absolute atomic E-state index is 0.264. The van der Waals surface area contributed by atoms with Crippen LogP contribution in [0, 0.1) is 0 Å². The van der Waals surface area contributed by atoms with Crippen molar-refractivity contribution in [2.75, 3.05) is 36.5 Å². The summed E-state index contributed by atoms with van der Waals surface area (Å²) in [7, 11) is 0. The number of benzene rings is 1. The molecule has 1 N–H and O–H groups in total. The van der Waals surface area contributed by atoms with Crippen molar-refractivity contribution in [1.82, 2.24) is 10.2 Å². The maximum atomic E-state index is 12.3. The minimum Gasteiger partial charge on any atom is -0.355 e. The molecule has 2 fully saturated rings. The first kappa shape index (κ1) is 17.2. The van der Waals surface area contributed by atoms with Gasteiger partial charge in [0, 0.05) is 36.6 Å². The van der Waals surface area contributed by atoms with Crippen LogP contribution < -0.4 is 10.2 Å². The van der Waals surface area contributed by atoms with E-state index in [0.717, 1.165) is 31.7 Å². The van der Waals surface area contributed by atoms with Crippen molar-refractivity contribution in [3.63, 3.8) is 0 Å². The minimum atomic E-state index is -0.414. The molecule has 136 valence electrons. The molecule has 1 aromatic carbocycles. The van der Waals surface area contributed by atoms with E-state index in [1.807, 2.05) is 6.07 Å². The molecular formula is C18H19ClN4O3. The van der Waals surface area contributed by atoms with Gasteiger partial charge in [0.05, 0.1) is 13.2 Å². The predicted molar refractivity (Wildman–Crippen MR) is 97.5 cm³/mol. The van der Waals surface area contributed by atoms with Crippen molar-refractivity contribution in [2.45, 2.75) is 18.6 Å². The molecule has 0 bridgehead atoms. The third-order valence-electron chi connectivity index (χ3n) is 4.65. The summed E-state index contributed by atoms with van der Waals surface area (Å²) in [5, 5.41) is 11.7. The van der Waals surface area contributed by atoms with Gasteiger partial charge in [-0.05, 0) is 36.4 Å². The van der Waals surface area contributed by atoms with Crippen LogP contribution in [0.5, 0.6) is 0 Å². The SMILES string of the molecule is O=C(Nc1ccc(Cl)cc1)c1ccc(N2CCC3(CC2)OCCO3)nn1. The number of anilines is 2. The van der Waals surface area contributed by atoms with Crippen molar-refractivity contribution in [3.8, 4) is 0 Å². The summed E-state index contributed by atoms with van der Waals surface area (Å²) in [6.45, 7) is 2.89. The van der Waals surface area contributed by atoms with Crippen molar-refractivity contribution in [2.24, 2.45) is 0 Å². The molecule has 4 rings (SSSR count). The van der Waals surface area contributed by atoms with Gasteiger partial charge in [-0.25, -0.2) is 0 Å². The lowest BCUT2D eigenvalue weighted by atomic mass is 10.0. The van der Waals surface area contributed by atoms with E-state index in [-0.39, 0.29) is 11.6 Å². The number of nitrogens with zero attached hydrogens (tertiary/aromatic N) is 3. The Morgan fingerprint density at radius 3 is 2.35 bits per heavy atom. The highest BCUT2D eigenvalue weighted by Gasteiger charge is 2.40. The Balaban J connectivity index is 1.37. The first-order valence-corrected chi connectivity index (χ1v) is 8.95. The summed E-state index contributed by atoms with van der Waals surface area (Å²) in [5.41, 5.74) is 0.919. The number of piperidine rings is 1. The quantitative estimate of drug-likeness (QED) is 0.890. The summed E-state index contributed by atoms with van der Waals surface area (Å²) in [6, 6.07) is 10.4. The van der Waals surface area contributed by atoms with E-state index in [9.17, 15) is 4.79 Å². The van der Waals surface area contributed by atoms with Gasteiger partial charge in [0.1, 0.15) is 0 Å². The Morgan fingerprint density at radius 2 is 1.73 bits per heavy atom. The number of carbonyl (C=O) groups is 1. The highest BCUT2D eigenvalue weighted by atomic mass is 35.5. The average molecular weight is 375 g/mol. The largest absolute Gasteiger partial charge is 0.355 e. The molecule has 1 amide bonds. The molecule has 3 heterocycles. The van der Waals surface area contributed by atoms with Crippen LogP contribution in [0.15, 0.2) is 36.4 Å². The van der Waals surface area contributed by atoms with Crippen LogP contribution in [-0.2, 0) is 9.47 Å². The number of aromatic nitrogens is 2. The molecule has 0 unspecified atom stereocenters. The Morgan fingerprint density at radius 1 is 1.04 bits per heavy atom. The third-order valence-corrected chi connectivity index (χ3v) is 4.90.